The molecule has 116 valence electrons. The Morgan fingerprint density at radius 2 is 1.86 bits per heavy atom. The molecule has 0 unspecified atom stereocenters. The highest BCUT2D eigenvalue weighted by atomic mass is 16.5. The standard InChI is InChI=1S/C14H18N6O2/c1-18-12(3-4-17-18)13(21)19-5-7-20(8-6-19)14-15-9-11(22-2)10-16-14/h3-4,9-10H,5-8H2,1-2H3. The summed E-state index contributed by atoms with van der Waals surface area (Å²) >= 11 is 0. The number of hydrogen-bond acceptors (Lipinski definition) is 6. The molecule has 0 aliphatic carbocycles. The summed E-state index contributed by atoms with van der Waals surface area (Å²) in [5.74, 6) is 1.30. The van der Waals surface area contributed by atoms with Gasteiger partial charge < -0.3 is 14.5 Å². The molecule has 1 aliphatic rings. The highest BCUT2D eigenvalue weighted by Crippen LogP contribution is 2.15. The number of nitrogens with zero attached hydrogens (tertiary/aromatic N) is 6. The van der Waals surface area contributed by atoms with Gasteiger partial charge in [-0.15, -0.1) is 0 Å². The minimum Gasteiger partial charge on any atom is -0.494 e. The lowest BCUT2D eigenvalue weighted by Gasteiger charge is -2.34. The number of amides is 1. The van der Waals surface area contributed by atoms with Crippen LogP contribution in [0, 0.1) is 0 Å². The minimum absolute atomic E-state index is 0.00954. The number of hydrogen-bond donors (Lipinski definition) is 0. The number of piperazine rings is 1. The van der Waals surface area contributed by atoms with E-state index in [1.54, 1.807) is 43.5 Å². The Labute approximate surface area is 128 Å². The van der Waals surface area contributed by atoms with Gasteiger partial charge in [0.2, 0.25) is 5.95 Å². The molecule has 8 heteroatoms. The molecule has 3 rings (SSSR count). The van der Waals surface area contributed by atoms with Gasteiger partial charge in [0.15, 0.2) is 5.75 Å². The lowest BCUT2D eigenvalue weighted by atomic mass is 10.3. The van der Waals surface area contributed by atoms with Gasteiger partial charge >= 0.3 is 0 Å². The van der Waals surface area contributed by atoms with Crippen LogP contribution in [0.5, 0.6) is 5.75 Å². The average molecular weight is 302 g/mol. The van der Waals surface area contributed by atoms with Crippen LogP contribution in [0.3, 0.4) is 0 Å². The highest BCUT2D eigenvalue weighted by molar-refractivity contribution is 5.92. The summed E-state index contributed by atoms with van der Waals surface area (Å²) < 4.78 is 6.65. The fraction of sp³-hybridized carbons (Fsp3) is 0.429. The molecule has 3 heterocycles. The largest absolute Gasteiger partial charge is 0.494 e. The van der Waals surface area contributed by atoms with Crippen molar-refractivity contribution >= 4 is 11.9 Å². The highest BCUT2D eigenvalue weighted by Gasteiger charge is 2.24. The molecule has 0 atom stereocenters. The van der Waals surface area contributed by atoms with E-state index in [1.807, 2.05) is 4.90 Å². The quantitative estimate of drug-likeness (QED) is 0.805. The van der Waals surface area contributed by atoms with Crippen molar-refractivity contribution in [3.63, 3.8) is 0 Å². The van der Waals surface area contributed by atoms with Gasteiger partial charge in [0.25, 0.3) is 5.91 Å². The van der Waals surface area contributed by atoms with Crippen LogP contribution in [0.4, 0.5) is 5.95 Å². The van der Waals surface area contributed by atoms with Gasteiger partial charge in [0.1, 0.15) is 5.69 Å². The molecule has 1 amide bonds. The van der Waals surface area contributed by atoms with Crippen LogP contribution < -0.4 is 9.64 Å². The molecule has 0 N–H and O–H groups in total. The summed E-state index contributed by atoms with van der Waals surface area (Å²) in [6, 6.07) is 1.74. The third-order valence-corrected chi connectivity index (χ3v) is 3.74. The Balaban J connectivity index is 1.62. The van der Waals surface area contributed by atoms with Crippen molar-refractivity contribution in [1.29, 1.82) is 0 Å². The second-order valence-corrected chi connectivity index (χ2v) is 5.04. The van der Waals surface area contributed by atoms with E-state index in [4.69, 9.17) is 4.74 Å². The van der Waals surface area contributed by atoms with Crippen LogP contribution in [0.1, 0.15) is 10.5 Å². The SMILES string of the molecule is COc1cnc(N2CCN(C(=O)c3ccnn3C)CC2)nc1. The lowest BCUT2D eigenvalue weighted by Crippen LogP contribution is -2.49. The van der Waals surface area contributed by atoms with Crippen LogP contribution >= 0.6 is 0 Å². The van der Waals surface area contributed by atoms with Crippen molar-refractivity contribution in [2.75, 3.05) is 38.2 Å². The van der Waals surface area contributed by atoms with Gasteiger partial charge in [0, 0.05) is 39.4 Å². The zero-order valence-electron chi connectivity index (χ0n) is 12.6. The first-order chi connectivity index (χ1) is 10.7. The molecule has 22 heavy (non-hydrogen) atoms. The third-order valence-electron chi connectivity index (χ3n) is 3.74. The number of methoxy groups -OCH3 is 1. The Morgan fingerprint density at radius 3 is 2.41 bits per heavy atom. The number of rotatable bonds is 3. The van der Waals surface area contributed by atoms with E-state index in [0.29, 0.717) is 43.6 Å². The average Bonchev–Trinajstić information content (AvgIpc) is 3.00. The van der Waals surface area contributed by atoms with Crippen molar-refractivity contribution in [3.05, 3.63) is 30.4 Å². The first kappa shape index (κ1) is 14.3. The summed E-state index contributed by atoms with van der Waals surface area (Å²) in [4.78, 5) is 24.9. The third kappa shape index (κ3) is 2.72. The Morgan fingerprint density at radius 1 is 1.18 bits per heavy atom. The van der Waals surface area contributed by atoms with E-state index < -0.39 is 0 Å². The van der Waals surface area contributed by atoms with Crippen LogP contribution in [0.25, 0.3) is 0 Å². The fourth-order valence-electron chi connectivity index (χ4n) is 2.43. The van der Waals surface area contributed by atoms with E-state index >= 15 is 0 Å². The van der Waals surface area contributed by atoms with Crippen molar-refractivity contribution < 1.29 is 9.53 Å². The smallest absolute Gasteiger partial charge is 0.272 e. The van der Waals surface area contributed by atoms with Crippen molar-refractivity contribution in [2.45, 2.75) is 0 Å². The number of carbonyl (C=O) groups excluding carboxylic acids is 1. The van der Waals surface area contributed by atoms with Gasteiger partial charge in [-0.1, -0.05) is 0 Å². The predicted octanol–water partition coefficient (Wildman–Crippen LogP) is 0.181. The zero-order valence-corrected chi connectivity index (χ0v) is 12.6. The van der Waals surface area contributed by atoms with E-state index in [1.165, 1.54) is 0 Å². The normalized spacial score (nSPS) is 15.0. The van der Waals surface area contributed by atoms with Gasteiger partial charge in [-0.25, -0.2) is 9.97 Å². The Kier molecular flexibility index (Phi) is 3.90. The number of anilines is 1. The molecular formula is C14H18N6O2. The second kappa shape index (κ2) is 6.00. The predicted molar refractivity (Wildman–Crippen MR) is 79.9 cm³/mol. The van der Waals surface area contributed by atoms with Gasteiger partial charge in [0.05, 0.1) is 19.5 Å². The topological polar surface area (TPSA) is 76.4 Å². The van der Waals surface area contributed by atoms with E-state index in [0.717, 1.165) is 0 Å². The maximum Gasteiger partial charge on any atom is 0.272 e. The summed E-state index contributed by atoms with van der Waals surface area (Å²) in [6.07, 6.45) is 4.93. The molecule has 0 saturated carbocycles. The molecule has 2 aromatic rings. The molecule has 2 aromatic heterocycles. The monoisotopic (exact) mass is 302 g/mol. The number of carbonyl (C=O) groups is 1. The lowest BCUT2D eigenvalue weighted by molar-refractivity contribution is 0.0735. The van der Waals surface area contributed by atoms with E-state index in [2.05, 4.69) is 20.0 Å². The van der Waals surface area contributed by atoms with Crippen molar-refractivity contribution in [3.8, 4) is 5.75 Å². The first-order valence-electron chi connectivity index (χ1n) is 7.07. The van der Waals surface area contributed by atoms with E-state index in [-0.39, 0.29) is 5.91 Å². The Hall–Kier alpha value is -2.64. The molecule has 0 bridgehead atoms. The summed E-state index contributed by atoms with van der Waals surface area (Å²) in [5.41, 5.74) is 0.606. The van der Waals surface area contributed by atoms with Crippen molar-refractivity contribution in [1.82, 2.24) is 24.6 Å². The van der Waals surface area contributed by atoms with Crippen molar-refractivity contribution in [2.24, 2.45) is 7.05 Å². The maximum absolute atomic E-state index is 12.4. The van der Waals surface area contributed by atoms with Gasteiger partial charge in [-0.2, -0.15) is 5.10 Å². The van der Waals surface area contributed by atoms with Crippen LogP contribution in [0.15, 0.2) is 24.7 Å². The summed E-state index contributed by atoms with van der Waals surface area (Å²) in [5, 5.41) is 4.04. The number of ether oxygens (including phenoxy) is 1. The molecular weight excluding hydrogens is 284 g/mol. The first-order valence-corrected chi connectivity index (χ1v) is 7.07. The summed E-state index contributed by atoms with van der Waals surface area (Å²) in [6.45, 7) is 2.69. The number of aryl methyl sites for hydroxylation is 1. The minimum atomic E-state index is 0.00954. The second-order valence-electron chi connectivity index (χ2n) is 5.04. The van der Waals surface area contributed by atoms with Crippen LogP contribution in [-0.4, -0.2) is 63.8 Å². The van der Waals surface area contributed by atoms with Crippen LogP contribution in [0.2, 0.25) is 0 Å². The molecule has 0 aromatic carbocycles. The molecule has 1 fully saturated rings. The molecule has 1 saturated heterocycles. The summed E-state index contributed by atoms with van der Waals surface area (Å²) in [7, 11) is 3.36. The molecule has 0 spiro atoms. The van der Waals surface area contributed by atoms with Crippen LogP contribution in [-0.2, 0) is 7.05 Å². The fourth-order valence-corrected chi connectivity index (χ4v) is 2.43. The Bertz CT molecular complexity index is 646. The van der Waals surface area contributed by atoms with Gasteiger partial charge in [-0.05, 0) is 6.07 Å². The maximum atomic E-state index is 12.4. The molecule has 1 aliphatic heterocycles. The van der Waals surface area contributed by atoms with Gasteiger partial charge in [-0.3, -0.25) is 9.48 Å². The van der Waals surface area contributed by atoms with E-state index in [9.17, 15) is 4.79 Å². The molecule has 0 radical (unpaired) electrons. The molecule has 8 nitrogen and oxygen atoms in total. The number of aromatic nitrogens is 4. The zero-order chi connectivity index (χ0) is 15.5.